The lowest BCUT2D eigenvalue weighted by atomic mass is 10.0. The molecule has 0 atom stereocenters. The lowest BCUT2D eigenvalue weighted by molar-refractivity contribution is -0.131. The number of nitrogens with one attached hydrogen (secondary N) is 1. The number of carbonyl (C=O) groups is 3. The molecule has 0 aromatic heterocycles. The number of hydrogen-bond acceptors (Lipinski definition) is 4. The Morgan fingerprint density at radius 2 is 1.81 bits per heavy atom. The fourth-order valence-electron chi connectivity index (χ4n) is 3.83. The number of barbiturate groups is 1. The van der Waals surface area contributed by atoms with E-state index in [1.165, 1.54) is 18.2 Å². The lowest BCUT2D eigenvalue weighted by Gasteiger charge is -2.31. The van der Waals surface area contributed by atoms with Crippen molar-refractivity contribution in [3.8, 4) is 5.75 Å². The zero-order chi connectivity index (χ0) is 22.0. The Kier molecular flexibility index (Phi) is 6.18. The highest BCUT2D eigenvalue weighted by Crippen LogP contribution is 2.30. The Labute approximate surface area is 187 Å². The van der Waals surface area contributed by atoms with Gasteiger partial charge in [-0.25, -0.2) is 9.18 Å². The van der Waals surface area contributed by atoms with Gasteiger partial charge in [0.25, 0.3) is 11.8 Å². The molecular formula is C23H20BrFN2O4. The van der Waals surface area contributed by atoms with Gasteiger partial charge in [-0.1, -0.05) is 40.9 Å². The third kappa shape index (κ3) is 4.69. The van der Waals surface area contributed by atoms with Gasteiger partial charge < -0.3 is 4.74 Å². The van der Waals surface area contributed by atoms with Crippen molar-refractivity contribution in [1.82, 2.24) is 10.2 Å². The van der Waals surface area contributed by atoms with Gasteiger partial charge in [0.2, 0.25) is 0 Å². The Morgan fingerprint density at radius 1 is 1.10 bits per heavy atom. The van der Waals surface area contributed by atoms with Crippen LogP contribution in [0.2, 0.25) is 0 Å². The smallest absolute Gasteiger partial charge is 0.331 e. The molecule has 2 aliphatic rings. The molecule has 2 aromatic rings. The molecule has 2 fully saturated rings. The zero-order valence-electron chi connectivity index (χ0n) is 16.6. The van der Waals surface area contributed by atoms with Gasteiger partial charge in [-0.05, 0) is 54.8 Å². The number of imide groups is 2. The van der Waals surface area contributed by atoms with Crippen molar-refractivity contribution >= 4 is 39.9 Å². The second-order valence-corrected chi connectivity index (χ2v) is 8.44. The van der Waals surface area contributed by atoms with Crippen LogP contribution in [0, 0.1) is 5.82 Å². The average Bonchev–Trinajstić information content (AvgIpc) is 3.26. The fraction of sp³-hybridized carbons (Fsp3) is 0.261. The van der Waals surface area contributed by atoms with Crippen LogP contribution < -0.4 is 10.1 Å². The molecule has 4 amide bonds. The summed E-state index contributed by atoms with van der Waals surface area (Å²) in [7, 11) is 0. The summed E-state index contributed by atoms with van der Waals surface area (Å²) in [5.74, 6) is -1.20. The number of carbonyl (C=O) groups excluding carboxylic acids is 3. The van der Waals surface area contributed by atoms with E-state index in [-0.39, 0.29) is 24.0 Å². The van der Waals surface area contributed by atoms with E-state index in [2.05, 4.69) is 21.2 Å². The molecule has 1 aliphatic heterocycles. The molecule has 8 heteroatoms. The summed E-state index contributed by atoms with van der Waals surface area (Å²) >= 11 is 3.39. The van der Waals surface area contributed by atoms with Crippen LogP contribution in [-0.2, 0) is 16.2 Å². The van der Waals surface area contributed by atoms with Crippen LogP contribution in [-0.4, -0.2) is 28.8 Å². The molecule has 1 heterocycles. The number of nitrogens with zero attached hydrogens (tertiary/aromatic N) is 1. The van der Waals surface area contributed by atoms with Gasteiger partial charge in [0.1, 0.15) is 23.7 Å². The van der Waals surface area contributed by atoms with Crippen molar-refractivity contribution < 1.29 is 23.5 Å². The number of amides is 4. The minimum atomic E-state index is -0.728. The van der Waals surface area contributed by atoms with E-state index in [1.807, 2.05) is 0 Å². The predicted octanol–water partition coefficient (Wildman–Crippen LogP) is 4.57. The van der Waals surface area contributed by atoms with Crippen LogP contribution in [0.25, 0.3) is 6.08 Å². The number of hydrogen-bond donors (Lipinski definition) is 1. The normalized spacial score (nSPS) is 18.6. The Morgan fingerprint density at radius 3 is 2.52 bits per heavy atom. The van der Waals surface area contributed by atoms with Crippen LogP contribution >= 0.6 is 15.9 Å². The molecule has 160 valence electrons. The third-order valence-electron chi connectivity index (χ3n) is 5.40. The van der Waals surface area contributed by atoms with Crippen molar-refractivity contribution in [2.24, 2.45) is 0 Å². The van der Waals surface area contributed by atoms with E-state index in [4.69, 9.17) is 4.74 Å². The molecule has 1 N–H and O–H groups in total. The SMILES string of the molecule is O=C1NC(=O)N(C2CCCC2)C(=O)/C1=C/c1cc(Br)ccc1OCc1ccc(F)cc1. The summed E-state index contributed by atoms with van der Waals surface area (Å²) in [6.45, 7) is 0.185. The van der Waals surface area contributed by atoms with Crippen molar-refractivity contribution in [3.63, 3.8) is 0 Å². The monoisotopic (exact) mass is 486 g/mol. The maximum atomic E-state index is 13.1. The molecule has 0 unspecified atom stereocenters. The first-order valence-electron chi connectivity index (χ1n) is 10.00. The fourth-order valence-corrected chi connectivity index (χ4v) is 4.20. The van der Waals surface area contributed by atoms with Crippen LogP contribution in [0.5, 0.6) is 5.75 Å². The molecule has 0 radical (unpaired) electrons. The van der Waals surface area contributed by atoms with Gasteiger partial charge in [0, 0.05) is 16.1 Å². The highest BCUT2D eigenvalue weighted by atomic mass is 79.9. The Bertz CT molecular complexity index is 1060. The van der Waals surface area contributed by atoms with Crippen LogP contribution in [0.15, 0.2) is 52.5 Å². The first-order valence-corrected chi connectivity index (χ1v) is 10.8. The Balaban J connectivity index is 1.62. The maximum absolute atomic E-state index is 13.1. The average molecular weight is 487 g/mol. The van der Waals surface area contributed by atoms with Gasteiger partial charge in [-0.3, -0.25) is 19.8 Å². The molecule has 2 aromatic carbocycles. The lowest BCUT2D eigenvalue weighted by Crippen LogP contribution is -2.57. The second kappa shape index (κ2) is 9.01. The van der Waals surface area contributed by atoms with Gasteiger partial charge >= 0.3 is 6.03 Å². The van der Waals surface area contributed by atoms with E-state index >= 15 is 0 Å². The van der Waals surface area contributed by atoms with E-state index < -0.39 is 17.8 Å². The van der Waals surface area contributed by atoms with Gasteiger partial charge in [-0.15, -0.1) is 0 Å². The van der Waals surface area contributed by atoms with E-state index in [9.17, 15) is 18.8 Å². The number of halogens is 2. The minimum Gasteiger partial charge on any atom is -0.488 e. The molecule has 0 spiro atoms. The van der Waals surface area contributed by atoms with Crippen LogP contribution in [0.1, 0.15) is 36.8 Å². The summed E-state index contributed by atoms with van der Waals surface area (Å²) in [6.07, 6.45) is 4.81. The third-order valence-corrected chi connectivity index (χ3v) is 5.90. The Hall–Kier alpha value is -3.00. The first kappa shape index (κ1) is 21.2. The van der Waals surface area contributed by atoms with Crippen molar-refractivity contribution in [2.75, 3.05) is 0 Å². The largest absolute Gasteiger partial charge is 0.488 e. The van der Waals surface area contributed by atoms with E-state index in [0.717, 1.165) is 40.6 Å². The number of urea groups is 1. The van der Waals surface area contributed by atoms with Crippen molar-refractivity contribution in [3.05, 3.63) is 69.5 Å². The summed E-state index contributed by atoms with van der Waals surface area (Å²) in [5, 5.41) is 2.28. The predicted molar refractivity (Wildman–Crippen MR) is 115 cm³/mol. The zero-order valence-corrected chi connectivity index (χ0v) is 18.2. The molecule has 4 rings (SSSR count). The molecule has 0 bridgehead atoms. The number of ether oxygens (including phenoxy) is 1. The standard InChI is InChI=1S/C23H20BrFN2O4/c24-16-7-10-20(31-13-14-5-8-17(25)9-6-14)15(11-16)12-19-21(28)26-23(30)27(22(19)29)18-3-1-2-4-18/h5-12,18H,1-4,13H2,(H,26,28,30)/b19-12+. The summed E-state index contributed by atoms with van der Waals surface area (Å²) in [6, 6.07) is 10.3. The molecular weight excluding hydrogens is 467 g/mol. The summed E-state index contributed by atoms with van der Waals surface area (Å²) in [4.78, 5) is 38.9. The second-order valence-electron chi connectivity index (χ2n) is 7.53. The number of rotatable bonds is 5. The topological polar surface area (TPSA) is 75.7 Å². The highest BCUT2D eigenvalue weighted by Gasteiger charge is 2.40. The van der Waals surface area contributed by atoms with Crippen LogP contribution in [0.3, 0.4) is 0 Å². The molecule has 31 heavy (non-hydrogen) atoms. The van der Waals surface area contributed by atoms with Crippen molar-refractivity contribution in [2.45, 2.75) is 38.3 Å². The molecule has 6 nitrogen and oxygen atoms in total. The molecule has 1 saturated heterocycles. The van der Waals surface area contributed by atoms with Gasteiger partial charge in [0.05, 0.1) is 0 Å². The maximum Gasteiger partial charge on any atom is 0.331 e. The first-order chi connectivity index (χ1) is 14.9. The molecule has 1 saturated carbocycles. The van der Waals surface area contributed by atoms with Crippen LogP contribution in [0.4, 0.5) is 9.18 Å². The summed E-state index contributed by atoms with van der Waals surface area (Å²) < 4.78 is 19.7. The number of benzene rings is 2. The molecule has 1 aliphatic carbocycles. The highest BCUT2D eigenvalue weighted by molar-refractivity contribution is 9.10. The minimum absolute atomic E-state index is 0.115. The quantitative estimate of drug-likeness (QED) is 0.495. The van der Waals surface area contributed by atoms with E-state index in [1.54, 1.807) is 30.3 Å². The van der Waals surface area contributed by atoms with E-state index in [0.29, 0.717) is 11.3 Å². The van der Waals surface area contributed by atoms with Gasteiger partial charge in [-0.2, -0.15) is 0 Å². The summed E-state index contributed by atoms with van der Waals surface area (Å²) in [5.41, 5.74) is 1.17. The van der Waals surface area contributed by atoms with Gasteiger partial charge in [0.15, 0.2) is 0 Å². The van der Waals surface area contributed by atoms with Crippen molar-refractivity contribution in [1.29, 1.82) is 0 Å².